The van der Waals surface area contributed by atoms with Crippen LogP contribution in [0.3, 0.4) is 0 Å². The molecule has 0 bridgehead atoms. The van der Waals surface area contributed by atoms with Gasteiger partial charge < -0.3 is 8.98 Å². The van der Waals surface area contributed by atoms with Crippen molar-refractivity contribution in [2.45, 2.75) is 0 Å². The van der Waals surface area contributed by atoms with Crippen LogP contribution in [0.5, 0.6) is 0 Å². The molecule has 5 nitrogen and oxygen atoms in total. The molecule has 0 aliphatic rings. The van der Waals surface area contributed by atoms with Crippen molar-refractivity contribution in [1.82, 2.24) is 19.5 Å². The summed E-state index contributed by atoms with van der Waals surface area (Å²) in [4.78, 5) is 15.5. The van der Waals surface area contributed by atoms with Crippen LogP contribution in [-0.4, -0.2) is 19.5 Å². The molecule has 0 saturated heterocycles. The zero-order valence-corrected chi connectivity index (χ0v) is 27.9. The molecule has 0 aliphatic heterocycles. The summed E-state index contributed by atoms with van der Waals surface area (Å²) < 4.78 is 11.3. The third-order valence-electron chi connectivity index (χ3n) is 9.85. The first-order chi connectivity index (χ1) is 25.3. The number of hydrogen-bond donors (Lipinski definition) is 0. The summed E-state index contributed by atoms with van der Waals surface area (Å²) in [6.07, 6.45) is 0. The van der Waals surface area contributed by atoms with E-state index in [-0.39, 0.29) is 0 Å². The number of furan rings is 1. The van der Waals surface area contributed by atoms with Crippen molar-refractivity contribution in [3.8, 4) is 39.9 Å². The maximum Gasteiger partial charge on any atom is 0.167 e. The molecule has 0 amide bonds. The van der Waals surface area contributed by atoms with Gasteiger partial charge in [-0.25, -0.2) is 15.0 Å². The highest BCUT2D eigenvalue weighted by atomic mass is 32.1. The minimum absolute atomic E-state index is 0.568. The van der Waals surface area contributed by atoms with Gasteiger partial charge in [0.1, 0.15) is 11.2 Å². The molecule has 0 atom stereocenters. The van der Waals surface area contributed by atoms with Crippen molar-refractivity contribution >= 4 is 75.3 Å². The van der Waals surface area contributed by atoms with Crippen LogP contribution in [0.4, 0.5) is 0 Å². The Bertz CT molecular complexity index is 3100. The van der Waals surface area contributed by atoms with E-state index < -0.39 is 0 Å². The van der Waals surface area contributed by atoms with Gasteiger partial charge >= 0.3 is 0 Å². The lowest BCUT2D eigenvalue weighted by Crippen LogP contribution is -2.01. The molecule has 6 heteroatoms. The van der Waals surface area contributed by atoms with Crippen LogP contribution < -0.4 is 0 Å². The molecule has 238 valence electrons. The second-order valence-electron chi connectivity index (χ2n) is 12.8. The normalized spacial score (nSPS) is 11.9. The van der Waals surface area contributed by atoms with Gasteiger partial charge in [-0.3, -0.25) is 0 Å². The fraction of sp³-hybridized carbons (Fsp3) is 0. The second-order valence-corrected chi connectivity index (χ2v) is 13.9. The van der Waals surface area contributed by atoms with Crippen molar-refractivity contribution in [3.63, 3.8) is 0 Å². The molecule has 0 aliphatic carbocycles. The Morgan fingerprint density at radius 1 is 0.451 bits per heavy atom. The number of thiophene rings is 1. The monoisotopic (exact) mass is 670 g/mol. The standard InChI is InChI=1S/C45H26N4OS/c1-2-13-27(14-3-1)43-46-44(48-45(47-43)34-20-12-19-32-31-17-6-10-23-38(31)50-42(32)34)28-25-37(41-33-18-7-11-24-39(33)51-40(41)26-28)49-35-21-8-4-15-29(35)30-16-5-9-22-36(30)49/h1-26H. The van der Waals surface area contributed by atoms with E-state index >= 15 is 0 Å². The molecule has 0 radical (unpaired) electrons. The van der Waals surface area contributed by atoms with Gasteiger partial charge in [-0.05, 0) is 42.5 Å². The Balaban J connectivity index is 1.23. The number of hydrogen-bond acceptors (Lipinski definition) is 5. The third kappa shape index (κ3) is 4.30. The first-order valence-corrected chi connectivity index (χ1v) is 17.8. The Kier molecular flexibility index (Phi) is 6.05. The average Bonchev–Trinajstić information content (AvgIpc) is 3.87. The van der Waals surface area contributed by atoms with Gasteiger partial charge in [0.25, 0.3) is 0 Å². The van der Waals surface area contributed by atoms with Crippen molar-refractivity contribution in [2.75, 3.05) is 0 Å². The number of fused-ring (bicyclic) bond motifs is 9. The van der Waals surface area contributed by atoms with E-state index in [2.05, 4.69) is 108 Å². The molecule has 4 aromatic heterocycles. The summed E-state index contributed by atoms with van der Waals surface area (Å²) in [6.45, 7) is 0. The fourth-order valence-corrected chi connectivity index (χ4v) is 8.75. The van der Waals surface area contributed by atoms with Gasteiger partial charge in [0, 0.05) is 52.8 Å². The van der Waals surface area contributed by atoms with Crippen molar-refractivity contribution in [2.24, 2.45) is 0 Å². The smallest absolute Gasteiger partial charge is 0.167 e. The van der Waals surface area contributed by atoms with Crippen LogP contribution >= 0.6 is 11.3 Å². The Hall–Kier alpha value is -6.63. The predicted molar refractivity (Wildman–Crippen MR) is 211 cm³/mol. The van der Waals surface area contributed by atoms with Gasteiger partial charge in [0.15, 0.2) is 17.5 Å². The van der Waals surface area contributed by atoms with Gasteiger partial charge in [0.2, 0.25) is 0 Å². The Labute approximate surface area is 295 Å². The van der Waals surface area contributed by atoms with Crippen LogP contribution in [0.2, 0.25) is 0 Å². The van der Waals surface area contributed by atoms with Gasteiger partial charge in [0.05, 0.1) is 22.3 Å². The molecular weight excluding hydrogens is 645 g/mol. The second kappa shape index (κ2) is 10.9. The zero-order valence-electron chi connectivity index (χ0n) is 27.1. The maximum absolute atomic E-state index is 6.47. The van der Waals surface area contributed by atoms with Gasteiger partial charge in [-0.2, -0.15) is 0 Å². The van der Waals surface area contributed by atoms with E-state index in [1.54, 1.807) is 11.3 Å². The molecule has 7 aromatic carbocycles. The quantitative estimate of drug-likeness (QED) is 0.187. The van der Waals surface area contributed by atoms with Gasteiger partial charge in [-0.15, -0.1) is 11.3 Å². The van der Waals surface area contributed by atoms with E-state index in [4.69, 9.17) is 19.4 Å². The SMILES string of the molecule is c1ccc(-c2nc(-c3cc(-n4c5ccccc5c5ccccc54)c4c(c3)sc3ccccc34)nc(-c3cccc4c3oc3ccccc34)n2)cc1. The summed E-state index contributed by atoms with van der Waals surface area (Å²) in [5.41, 5.74) is 7.68. The van der Waals surface area contributed by atoms with Crippen LogP contribution in [-0.2, 0) is 0 Å². The molecule has 11 rings (SSSR count). The zero-order chi connectivity index (χ0) is 33.5. The summed E-state index contributed by atoms with van der Waals surface area (Å²) in [5, 5.41) is 7.00. The molecule has 0 N–H and O–H groups in total. The lowest BCUT2D eigenvalue weighted by atomic mass is 10.1. The Morgan fingerprint density at radius 3 is 1.84 bits per heavy atom. The first-order valence-electron chi connectivity index (χ1n) is 16.9. The number of nitrogens with zero attached hydrogens (tertiary/aromatic N) is 4. The van der Waals surface area contributed by atoms with E-state index in [0.29, 0.717) is 17.5 Å². The Morgan fingerprint density at radius 2 is 1.06 bits per heavy atom. The molecule has 4 heterocycles. The highest BCUT2D eigenvalue weighted by molar-refractivity contribution is 7.26. The topological polar surface area (TPSA) is 56.7 Å². The summed E-state index contributed by atoms with van der Waals surface area (Å²) >= 11 is 1.80. The largest absolute Gasteiger partial charge is 0.455 e. The highest BCUT2D eigenvalue weighted by Crippen LogP contribution is 2.43. The van der Waals surface area contributed by atoms with Gasteiger partial charge in [-0.1, -0.05) is 115 Å². The highest BCUT2D eigenvalue weighted by Gasteiger charge is 2.21. The summed E-state index contributed by atoms with van der Waals surface area (Å²) in [7, 11) is 0. The molecule has 11 aromatic rings. The number of aromatic nitrogens is 4. The maximum atomic E-state index is 6.47. The van der Waals surface area contributed by atoms with Crippen molar-refractivity contribution in [3.05, 3.63) is 158 Å². The van der Waals surface area contributed by atoms with Crippen LogP contribution in [0.25, 0.3) is 104 Å². The molecular formula is C45H26N4OS. The number of para-hydroxylation sites is 4. The lowest BCUT2D eigenvalue weighted by molar-refractivity contribution is 0.669. The fourth-order valence-electron chi connectivity index (χ4n) is 7.59. The summed E-state index contributed by atoms with van der Waals surface area (Å²) in [6, 6.07) is 54.9. The minimum atomic E-state index is 0.568. The lowest BCUT2D eigenvalue weighted by Gasteiger charge is -2.14. The van der Waals surface area contributed by atoms with Crippen LogP contribution in [0.1, 0.15) is 0 Å². The minimum Gasteiger partial charge on any atom is -0.455 e. The average molecular weight is 671 g/mol. The van der Waals surface area contributed by atoms with E-state index in [0.717, 1.165) is 55.3 Å². The first kappa shape index (κ1) is 28.2. The molecule has 51 heavy (non-hydrogen) atoms. The molecule has 0 fully saturated rings. The number of rotatable bonds is 4. The third-order valence-corrected chi connectivity index (χ3v) is 11.0. The van der Waals surface area contributed by atoms with Crippen molar-refractivity contribution in [1.29, 1.82) is 0 Å². The van der Waals surface area contributed by atoms with E-state index in [1.165, 1.54) is 30.9 Å². The summed E-state index contributed by atoms with van der Waals surface area (Å²) in [5.74, 6) is 1.78. The van der Waals surface area contributed by atoms with Crippen molar-refractivity contribution < 1.29 is 4.42 Å². The predicted octanol–water partition coefficient (Wildman–Crippen LogP) is 12.2. The molecule has 0 unspecified atom stereocenters. The van der Waals surface area contributed by atoms with Crippen LogP contribution in [0.15, 0.2) is 162 Å². The molecule has 0 saturated carbocycles. The van der Waals surface area contributed by atoms with E-state index in [9.17, 15) is 0 Å². The van der Waals surface area contributed by atoms with Crippen LogP contribution in [0, 0.1) is 0 Å². The number of benzene rings is 7. The molecule has 0 spiro atoms. The van der Waals surface area contributed by atoms with E-state index in [1.807, 2.05) is 54.6 Å².